The van der Waals surface area contributed by atoms with E-state index in [1.807, 2.05) is 23.5 Å². The van der Waals surface area contributed by atoms with Crippen LogP contribution in [0.1, 0.15) is 12.8 Å². The molecule has 20 heavy (non-hydrogen) atoms. The highest BCUT2D eigenvalue weighted by molar-refractivity contribution is 8.06. The molecule has 0 saturated carbocycles. The first-order valence-electron chi connectivity index (χ1n) is 6.74. The van der Waals surface area contributed by atoms with Gasteiger partial charge in [0.1, 0.15) is 0 Å². The lowest BCUT2D eigenvalue weighted by Crippen LogP contribution is -2.43. The second kappa shape index (κ2) is 7.99. The van der Waals surface area contributed by atoms with Crippen molar-refractivity contribution >= 4 is 35.5 Å². The van der Waals surface area contributed by atoms with Crippen LogP contribution in [0.2, 0.25) is 0 Å². The zero-order valence-electron chi connectivity index (χ0n) is 11.2. The Morgan fingerprint density at radius 3 is 2.65 bits per heavy atom. The van der Waals surface area contributed by atoms with Crippen LogP contribution in [0.4, 0.5) is 4.79 Å². The number of thioether (sulfide) groups is 2. The molecule has 3 N–H and O–H groups in total. The van der Waals surface area contributed by atoms with E-state index in [4.69, 9.17) is 9.84 Å². The van der Waals surface area contributed by atoms with Gasteiger partial charge in [-0.3, -0.25) is 0 Å². The van der Waals surface area contributed by atoms with Crippen LogP contribution in [-0.2, 0) is 9.53 Å². The van der Waals surface area contributed by atoms with E-state index in [0.717, 1.165) is 11.5 Å². The molecule has 8 heteroatoms. The molecule has 0 aromatic heterocycles. The molecule has 0 bridgehead atoms. The predicted octanol–water partition coefficient (Wildman–Crippen LogP) is 0.766. The van der Waals surface area contributed by atoms with E-state index in [-0.39, 0.29) is 12.1 Å². The molecule has 2 amide bonds. The minimum Gasteiger partial charge on any atom is -0.479 e. The van der Waals surface area contributed by atoms with Gasteiger partial charge in [0, 0.05) is 35.6 Å². The largest absolute Gasteiger partial charge is 0.479 e. The topological polar surface area (TPSA) is 87.7 Å². The van der Waals surface area contributed by atoms with Crippen LogP contribution in [0, 0.1) is 0 Å². The second-order valence-corrected chi connectivity index (χ2v) is 7.38. The van der Waals surface area contributed by atoms with Crippen LogP contribution < -0.4 is 10.6 Å². The van der Waals surface area contributed by atoms with E-state index in [0.29, 0.717) is 31.2 Å². The third-order valence-corrected chi connectivity index (χ3v) is 6.09. The monoisotopic (exact) mass is 320 g/mol. The third kappa shape index (κ3) is 5.06. The second-order valence-electron chi connectivity index (χ2n) is 4.82. The first kappa shape index (κ1) is 15.8. The molecule has 0 aromatic carbocycles. The first-order valence-corrected chi connectivity index (χ1v) is 8.95. The number of hydrogen-bond acceptors (Lipinski definition) is 5. The molecule has 0 aromatic rings. The molecule has 2 rings (SSSR count). The number of hydrogen-bond donors (Lipinski definition) is 3. The predicted molar refractivity (Wildman–Crippen MR) is 80.5 cm³/mol. The SMILES string of the molecule is O=C(NCC1CCC(C(=O)O)O1)NCC1CSCCS1. The molecular formula is C12H20N2O4S2. The fourth-order valence-corrected chi connectivity index (χ4v) is 4.78. The van der Waals surface area contributed by atoms with Crippen molar-refractivity contribution in [3.8, 4) is 0 Å². The van der Waals surface area contributed by atoms with Crippen LogP contribution in [0.3, 0.4) is 0 Å². The van der Waals surface area contributed by atoms with Crippen molar-refractivity contribution in [1.29, 1.82) is 0 Å². The Hall–Kier alpha value is -0.600. The van der Waals surface area contributed by atoms with Gasteiger partial charge in [0.2, 0.25) is 0 Å². The van der Waals surface area contributed by atoms with Crippen molar-refractivity contribution in [2.24, 2.45) is 0 Å². The number of urea groups is 1. The van der Waals surface area contributed by atoms with E-state index in [1.165, 1.54) is 5.75 Å². The molecule has 2 saturated heterocycles. The molecule has 3 atom stereocenters. The lowest BCUT2D eigenvalue weighted by atomic mass is 10.2. The number of rotatable bonds is 5. The van der Waals surface area contributed by atoms with Gasteiger partial charge in [0.05, 0.1) is 6.10 Å². The Kier molecular flexibility index (Phi) is 6.31. The van der Waals surface area contributed by atoms with Gasteiger partial charge in [-0.15, -0.1) is 0 Å². The minimum absolute atomic E-state index is 0.193. The number of ether oxygens (including phenoxy) is 1. The van der Waals surface area contributed by atoms with Gasteiger partial charge in [-0.1, -0.05) is 0 Å². The van der Waals surface area contributed by atoms with Crippen molar-refractivity contribution in [2.45, 2.75) is 30.3 Å². The summed E-state index contributed by atoms with van der Waals surface area (Å²) in [5.74, 6) is 2.49. The van der Waals surface area contributed by atoms with Crippen LogP contribution in [0.25, 0.3) is 0 Å². The smallest absolute Gasteiger partial charge is 0.332 e. The van der Waals surface area contributed by atoms with E-state index in [1.54, 1.807) is 0 Å². The Morgan fingerprint density at radius 2 is 2.00 bits per heavy atom. The normalized spacial score (nSPS) is 29.9. The first-order chi connectivity index (χ1) is 9.65. The Bertz CT molecular complexity index is 350. The highest BCUT2D eigenvalue weighted by atomic mass is 32.2. The number of carboxylic acid groups (broad SMARTS) is 1. The quantitative estimate of drug-likeness (QED) is 0.693. The number of nitrogens with one attached hydrogen (secondary N) is 2. The molecule has 6 nitrogen and oxygen atoms in total. The summed E-state index contributed by atoms with van der Waals surface area (Å²) in [6.45, 7) is 1.04. The average Bonchev–Trinajstić information content (AvgIpc) is 2.93. The third-order valence-electron chi connectivity index (χ3n) is 3.25. The summed E-state index contributed by atoms with van der Waals surface area (Å²) < 4.78 is 5.32. The Morgan fingerprint density at radius 1 is 1.20 bits per heavy atom. The Labute approximate surface area is 126 Å². The lowest BCUT2D eigenvalue weighted by Gasteiger charge is -2.21. The fraction of sp³-hybridized carbons (Fsp3) is 0.833. The molecule has 2 fully saturated rings. The standard InChI is InChI=1S/C12H20N2O4S2/c15-11(16)10-2-1-8(18-10)5-13-12(17)14-6-9-7-19-3-4-20-9/h8-10H,1-7H2,(H,15,16)(H2,13,14,17). The molecule has 2 aliphatic heterocycles. The summed E-state index contributed by atoms with van der Waals surface area (Å²) in [6.07, 6.45) is 0.271. The van der Waals surface area contributed by atoms with Crippen LogP contribution in [0.5, 0.6) is 0 Å². The van der Waals surface area contributed by atoms with Gasteiger partial charge in [-0.2, -0.15) is 23.5 Å². The van der Waals surface area contributed by atoms with Gasteiger partial charge in [-0.05, 0) is 12.8 Å². The summed E-state index contributed by atoms with van der Waals surface area (Å²) >= 11 is 3.82. The molecule has 0 aliphatic carbocycles. The summed E-state index contributed by atoms with van der Waals surface area (Å²) in [4.78, 5) is 22.4. The van der Waals surface area contributed by atoms with E-state index >= 15 is 0 Å². The number of amides is 2. The average molecular weight is 320 g/mol. The lowest BCUT2D eigenvalue weighted by molar-refractivity contribution is -0.149. The fourth-order valence-electron chi connectivity index (χ4n) is 2.17. The minimum atomic E-state index is -0.927. The highest BCUT2D eigenvalue weighted by Crippen LogP contribution is 2.23. The molecule has 2 heterocycles. The van der Waals surface area contributed by atoms with Crippen molar-refractivity contribution in [2.75, 3.05) is 30.3 Å². The molecule has 2 aliphatic rings. The van der Waals surface area contributed by atoms with Gasteiger partial charge in [0.15, 0.2) is 6.10 Å². The van der Waals surface area contributed by atoms with Gasteiger partial charge in [-0.25, -0.2) is 9.59 Å². The molecular weight excluding hydrogens is 300 g/mol. The summed E-state index contributed by atoms with van der Waals surface area (Å²) in [5.41, 5.74) is 0. The molecule has 3 unspecified atom stereocenters. The zero-order valence-corrected chi connectivity index (χ0v) is 12.8. The van der Waals surface area contributed by atoms with Crippen molar-refractivity contribution in [3.05, 3.63) is 0 Å². The van der Waals surface area contributed by atoms with E-state index in [2.05, 4.69) is 10.6 Å². The summed E-state index contributed by atoms with van der Waals surface area (Å²) in [6, 6.07) is -0.205. The van der Waals surface area contributed by atoms with Gasteiger partial charge >= 0.3 is 12.0 Å². The number of carbonyl (C=O) groups is 2. The number of carboxylic acids is 1. The van der Waals surface area contributed by atoms with Crippen molar-refractivity contribution in [3.63, 3.8) is 0 Å². The van der Waals surface area contributed by atoms with Crippen LogP contribution in [0.15, 0.2) is 0 Å². The van der Waals surface area contributed by atoms with Crippen molar-refractivity contribution < 1.29 is 19.4 Å². The van der Waals surface area contributed by atoms with E-state index in [9.17, 15) is 9.59 Å². The zero-order chi connectivity index (χ0) is 14.4. The van der Waals surface area contributed by atoms with E-state index < -0.39 is 12.1 Å². The van der Waals surface area contributed by atoms with Gasteiger partial charge < -0.3 is 20.5 Å². The maximum Gasteiger partial charge on any atom is 0.332 e. The Balaban J connectivity index is 1.57. The highest BCUT2D eigenvalue weighted by Gasteiger charge is 2.30. The van der Waals surface area contributed by atoms with Crippen molar-refractivity contribution in [1.82, 2.24) is 10.6 Å². The maximum atomic E-state index is 11.6. The summed E-state index contributed by atoms with van der Waals surface area (Å²) in [7, 11) is 0. The van der Waals surface area contributed by atoms with Crippen LogP contribution in [-0.4, -0.2) is 64.9 Å². The summed E-state index contributed by atoms with van der Waals surface area (Å²) in [5, 5.41) is 14.9. The number of carbonyl (C=O) groups excluding carboxylic acids is 1. The maximum absolute atomic E-state index is 11.6. The molecule has 0 spiro atoms. The molecule has 114 valence electrons. The molecule has 0 radical (unpaired) electrons. The van der Waals surface area contributed by atoms with Gasteiger partial charge in [0.25, 0.3) is 0 Å². The van der Waals surface area contributed by atoms with Crippen LogP contribution >= 0.6 is 23.5 Å². The number of aliphatic carboxylic acids is 1.